The van der Waals surface area contributed by atoms with E-state index in [1.165, 1.54) is 32.5 Å². The quantitative estimate of drug-likeness (QED) is 0.793. The molecule has 1 aromatic rings. The van der Waals surface area contributed by atoms with Gasteiger partial charge in [-0.15, -0.1) is 0 Å². The van der Waals surface area contributed by atoms with Crippen molar-refractivity contribution in [3.05, 3.63) is 30.3 Å². The first-order valence-corrected chi connectivity index (χ1v) is 7.55. The molecule has 0 aliphatic carbocycles. The van der Waals surface area contributed by atoms with Crippen LogP contribution in [0.4, 0.5) is 0 Å². The molecule has 0 amide bonds. The second kappa shape index (κ2) is 6.40. The van der Waals surface area contributed by atoms with Crippen molar-refractivity contribution in [1.29, 1.82) is 0 Å². The molecule has 0 aromatic heterocycles. The van der Waals surface area contributed by atoms with Crippen LogP contribution in [-0.2, 0) is 0 Å². The summed E-state index contributed by atoms with van der Waals surface area (Å²) in [6, 6.07) is 10.8. The van der Waals surface area contributed by atoms with Crippen LogP contribution in [0.3, 0.4) is 0 Å². The Morgan fingerprint density at radius 3 is 2.89 bits per heavy atom. The van der Waals surface area contributed by atoms with Gasteiger partial charge in [-0.2, -0.15) is 0 Å². The molecule has 0 saturated carbocycles. The van der Waals surface area contributed by atoms with Gasteiger partial charge in [0.1, 0.15) is 5.75 Å². The highest BCUT2D eigenvalue weighted by molar-refractivity contribution is 5.20. The summed E-state index contributed by atoms with van der Waals surface area (Å²) in [7, 11) is 0. The monoisotopic (exact) mass is 260 g/mol. The third-order valence-corrected chi connectivity index (χ3v) is 4.37. The highest BCUT2D eigenvalue weighted by Crippen LogP contribution is 2.26. The Kier molecular flexibility index (Phi) is 4.36. The highest BCUT2D eigenvalue weighted by atomic mass is 16.5. The Hall–Kier alpha value is -1.06. The van der Waals surface area contributed by atoms with Crippen LogP contribution in [0.15, 0.2) is 30.3 Å². The number of para-hydroxylation sites is 1. The fraction of sp³-hybridized carbons (Fsp3) is 0.625. The molecule has 0 spiro atoms. The molecule has 3 atom stereocenters. The van der Waals surface area contributed by atoms with Gasteiger partial charge in [0.2, 0.25) is 0 Å². The summed E-state index contributed by atoms with van der Waals surface area (Å²) in [6.07, 6.45) is 3.80. The first-order chi connectivity index (χ1) is 9.42. The summed E-state index contributed by atoms with van der Waals surface area (Å²) >= 11 is 0. The predicted molar refractivity (Wildman–Crippen MR) is 77.5 cm³/mol. The molecule has 2 heterocycles. The molecule has 2 aliphatic rings. The predicted octanol–water partition coefficient (Wildman–Crippen LogP) is 2.14. The molecule has 2 aliphatic heterocycles. The van der Waals surface area contributed by atoms with E-state index in [1.807, 2.05) is 30.3 Å². The third kappa shape index (κ3) is 3.48. The van der Waals surface area contributed by atoms with Gasteiger partial charge >= 0.3 is 0 Å². The molecular weight excluding hydrogens is 236 g/mol. The van der Waals surface area contributed by atoms with Crippen molar-refractivity contribution in [3.63, 3.8) is 0 Å². The van der Waals surface area contributed by atoms with Gasteiger partial charge in [-0.1, -0.05) is 18.2 Å². The second-order valence-electron chi connectivity index (χ2n) is 5.71. The standard InChI is InChI=1S/C16H24N2O/c1-2-5-15(6-3-1)19-12-4-9-17-16-8-11-18-10-7-14(16)13-18/h1-3,5-6,14,16-17H,4,7-13H2. The largest absolute Gasteiger partial charge is 0.494 e. The molecule has 2 fully saturated rings. The lowest BCUT2D eigenvalue weighted by Crippen LogP contribution is -2.44. The van der Waals surface area contributed by atoms with Crippen molar-refractivity contribution in [2.24, 2.45) is 5.92 Å². The van der Waals surface area contributed by atoms with E-state index < -0.39 is 0 Å². The van der Waals surface area contributed by atoms with Crippen molar-refractivity contribution < 1.29 is 4.74 Å². The first-order valence-electron chi connectivity index (χ1n) is 7.55. The number of nitrogens with zero attached hydrogens (tertiary/aromatic N) is 1. The van der Waals surface area contributed by atoms with Crippen LogP contribution in [0.25, 0.3) is 0 Å². The molecule has 19 heavy (non-hydrogen) atoms. The fourth-order valence-corrected chi connectivity index (χ4v) is 3.29. The maximum atomic E-state index is 5.71. The zero-order valence-corrected chi connectivity index (χ0v) is 11.6. The van der Waals surface area contributed by atoms with Crippen molar-refractivity contribution in [2.45, 2.75) is 25.3 Å². The van der Waals surface area contributed by atoms with Gasteiger partial charge in [-0.3, -0.25) is 0 Å². The van der Waals surface area contributed by atoms with Gasteiger partial charge in [-0.05, 0) is 56.9 Å². The summed E-state index contributed by atoms with van der Waals surface area (Å²) in [5, 5.41) is 3.73. The van der Waals surface area contributed by atoms with E-state index in [2.05, 4.69) is 10.2 Å². The normalized spacial score (nSPS) is 29.4. The summed E-state index contributed by atoms with van der Waals surface area (Å²) in [5.74, 6) is 1.87. The number of ether oxygens (including phenoxy) is 1. The Morgan fingerprint density at radius 2 is 2.00 bits per heavy atom. The molecule has 3 unspecified atom stereocenters. The van der Waals surface area contributed by atoms with Gasteiger partial charge < -0.3 is 15.0 Å². The maximum absolute atomic E-state index is 5.71. The average molecular weight is 260 g/mol. The van der Waals surface area contributed by atoms with Crippen molar-refractivity contribution >= 4 is 0 Å². The number of nitrogens with one attached hydrogen (secondary N) is 1. The van der Waals surface area contributed by atoms with Crippen LogP contribution in [0, 0.1) is 5.92 Å². The lowest BCUT2D eigenvalue weighted by atomic mass is 9.94. The second-order valence-corrected chi connectivity index (χ2v) is 5.71. The lowest BCUT2D eigenvalue weighted by molar-refractivity contribution is 0.217. The summed E-state index contributed by atoms with van der Waals surface area (Å²) in [4.78, 5) is 2.60. The van der Waals surface area contributed by atoms with Crippen LogP contribution in [0.2, 0.25) is 0 Å². The van der Waals surface area contributed by atoms with E-state index in [0.717, 1.165) is 37.3 Å². The molecular formula is C16H24N2O. The Bertz CT molecular complexity index is 382. The summed E-state index contributed by atoms with van der Waals surface area (Å²) in [6.45, 7) is 5.81. The molecule has 0 radical (unpaired) electrons. The Balaban J connectivity index is 1.31. The minimum Gasteiger partial charge on any atom is -0.494 e. The molecule has 1 N–H and O–H groups in total. The van der Waals surface area contributed by atoms with Crippen LogP contribution >= 0.6 is 0 Å². The topological polar surface area (TPSA) is 24.5 Å². The van der Waals surface area contributed by atoms with E-state index in [1.54, 1.807) is 0 Å². The summed E-state index contributed by atoms with van der Waals surface area (Å²) < 4.78 is 5.71. The highest BCUT2D eigenvalue weighted by Gasteiger charge is 2.33. The molecule has 1 aromatic carbocycles. The number of rotatable bonds is 6. The maximum Gasteiger partial charge on any atom is 0.119 e. The molecule has 3 heteroatoms. The van der Waals surface area contributed by atoms with Crippen LogP contribution in [-0.4, -0.2) is 43.7 Å². The molecule has 2 bridgehead atoms. The number of fused-ring (bicyclic) bond motifs is 2. The number of hydrogen-bond acceptors (Lipinski definition) is 3. The minimum absolute atomic E-state index is 0.746. The van der Waals surface area contributed by atoms with Gasteiger partial charge in [0.25, 0.3) is 0 Å². The van der Waals surface area contributed by atoms with Crippen LogP contribution < -0.4 is 10.1 Å². The summed E-state index contributed by atoms with van der Waals surface area (Å²) in [5.41, 5.74) is 0. The SMILES string of the molecule is c1ccc(OCCCNC2CCN3CCC2C3)cc1. The van der Waals surface area contributed by atoms with E-state index in [9.17, 15) is 0 Å². The van der Waals surface area contributed by atoms with E-state index in [0.29, 0.717) is 0 Å². The molecule has 3 nitrogen and oxygen atoms in total. The zero-order chi connectivity index (χ0) is 12.9. The van der Waals surface area contributed by atoms with E-state index >= 15 is 0 Å². The smallest absolute Gasteiger partial charge is 0.119 e. The van der Waals surface area contributed by atoms with E-state index in [-0.39, 0.29) is 0 Å². The van der Waals surface area contributed by atoms with Gasteiger partial charge in [0.15, 0.2) is 0 Å². The average Bonchev–Trinajstić information content (AvgIpc) is 2.84. The number of benzene rings is 1. The van der Waals surface area contributed by atoms with Crippen molar-refractivity contribution in [3.8, 4) is 5.75 Å². The molecule has 3 rings (SSSR count). The van der Waals surface area contributed by atoms with Gasteiger partial charge in [0.05, 0.1) is 6.61 Å². The fourth-order valence-electron chi connectivity index (χ4n) is 3.29. The van der Waals surface area contributed by atoms with Crippen molar-refractivity contribution in [2.75, 3.05) is 32.8 Å². The van der Waals surface area contributed by atoms with Gasteiger partial charge in [-0.25, -0.2) is 0 Å². The van der Waals surface area contributed by atoms with Crippen LogP contribution in [0.1, 0.15) is 19.3 Å². The Morgan fingerprint density at radius 1 is 1.16 bits per heavy atom. The lowest BCUT2D eigenvalue weighted by Gasteiger charge is -2.31. The van der Waals surface area contributed by atoms with Crippen molar-refractivity contribution in [1.82, 2.24) is 10.2 Å². The van der Waals surface area contributed by atoms with Gasteiger partial charge in [0, 0.05) is 12.6 Å². The number of piperidine rings is 1. The molecule has 2 saturated heterocycles. The number of hydrogen-bond donors (Lipinski definition) is 1. The first kappa shape index (κ1) is 12.9. The zero-order valence-electron chi connectivity index (χ0n) is 11.6. The molecule has 104 valence electrons. The Labute approximate surface area is 115 Å². The van der Waals surface area contributed by atoms with Crippen LogP contribution in [0.5, 0.6) is 5.75 Å². The minimum atomic E-state index is 0.746. The third-order valence-electron chi connectivity index (χ3n) is 4.37. The van der Waals surface area contributed by atoms with E-state index in [4.69, 9.17) is 4.74 Å².